The largest absolute Gasteiger partial charge is 0.487 e. The molecule has 1 aromatic rings. The van der Waals surface area contributed by atoms with Gasteiger partial charge in [0, 0.05) is 5.56 Å². The highest BCUT2D eigenvalue weighted by Gasteiger charge is 2.39. The van der Waals surface area contributed by atoms with Crippen molar-refractivity contribution in [2.75, 3.05) is 0 Å². The molecule has 110 valence electrons. The lowest BCUT2D eigenvalue weighted by Gasteiger charge is -2.23. The van der Waals surface area contributed by atoms with Crippen LogP contribution in [0.2, 0.25) is 0 Å². The minimum atomic E-state index is -5.00. The van der Waals surface area contributed by atoms with Gasteiger partial charge in [-0.3, -0.25) is 4.79 Å². The van der Waals surface area contributed by atoms with Crippen molar-refractivity contribution >= 4 is 5.78 Å². The number of carbonyl (C=O) groups is 1. The van der Waals surface area contributed by atoms with E-state index in [1.54, 1.807) is 0 Å². The van der Waals surface area contributed by atoms with Gasteiger partial charge in [0.05, 0.1) is 6.10 Å². The predicted octanol–water partition coefficient (Wildman–Crippen LogP) is 4.28. The van der Waals surface area contributed by atoms with E-state index in [1.165, 1.54) is 0 Å². The number of benzene rings is 1. The lowest BCUT2D eigenvalue weighted by atomic mass is 9.98. The number of hydrogen-bond donors (Lipinski definition) is 0. The number of alkyl halides is 3. The summed E-state index contributed by atoms with van der Waals surface area (Å²) < 4.78 is 55.9. The fourth-order valence-corrected chi connectivity index (χ4v) is 2.26. The van der Waals surface area contributed by atoms with E-state index < -0.39 is 23.3 Å². The zero-order chi connectivity index (χ0) is 14.8. The summed E-state index contributed by atoms with van der Waals surface area (Å²) in [6.45, 7) is 0. The van der Waals surface area contributed by atoms with Crippen molar-refractivity contribution in [2.45, 2.75) is 44.4 Å². The minimum Gasteiger partial charge on any atom is -0.487 e. The van der Waals surface area contributed by atoms with Gasteiger partial charge in [-0.1, -0.05) is 6.42 Å². The highest BCUT2D eigenvalue weighted by atomic mass is 19.4. The first-order chi connectivity index (χ1) is 9.38. The summed E-state index contributed by atoms with van der Waals surface area (Å²) in [6, 6.07) is 2.61. The van der Waals surface area contributed by atoms with Crippen LogP contribution >= 0.6 is 0 Å². The van der Waals surface area contributed by atoms with Gasteiger partial charge in [-0.15, -0.1) is 0 Å². The molecule has 0 atom stereocenters. The standard InChI is InChI=1S/C14H14F4O2/c15-11-8-9(13(19)14(16,17)18)6-7-12(11)20-10-4-2-1-3-5-10/h6-8,10H,1-5H2. The second kappa shape index (κ2) is 5.81. The number of carbonyl (C=O) groups excluding carboxylic acids is 1. The third-order valence-corrected chi connectivity index (χ3v) is 3.30. The van der Waals surface area contributed by atoms with Gasteiger partial charge < -0.3 is 4.74 Å². The van der Waals surface area contributed by atoms with E-state index >= 15 is 0 Å². The molecule has 0 aliphatic heterocycles. The molecule has 0 radical (unpaired) electrons. The van der Waals surface area contributed by atoms with Gasteiger partial charge >= 0.3 is 6.18 Å². The molecule has 0 spiro atoms. The van der Waals surface area contributed by atoms with Gasteiger partial charge in [0.25, 0.3) is 5.78 Å². The Labute approximate surface area is 113 Å². The maximum Gasteiger partial charge on any atom is 0.454 e. The van der Waals surface area contributed by atoms with Crippen molar-refractivity contribution in [1.29, 1.82) is 0 Å². The normalized spacial score (nSPS) is 17.0. The molecule has 2 rings (SSSR count). The molecule has 1 aliphatic rings. The van der Waals surface area contributed by atoms with Crippen molar-refractivity contribution in [3.63, 3.8) is 0 Å². The van der Waals surface area contributed by atoms with Crippen LogP contribution in [0.25, 0.3) is 0 Å². The Morgan fingerprint density at radius 2 is 1.80 bits per heavy atom. The summed E-state index contributed by atoms with van der Waals surface area (Å²) in [5.74, 6) is -3.10. The van der Waals surface area contributed by atoms with Gasteiger partial charge in [-0.2, -0.15) is 13.2 Å². The first kappa shape index (κ1) is 14.8. The molecular weight excluding hydrogens is 276 g/mol. The zero-order valence-electron chi connectivity index (χ0n) is 10.7. The van der Waals surface area contributed by atoms with Gasteiger partial charge in [0.2, 0.25) is 0 Å². The van der Waals surface area contributed by atoms with Gasteiger partial charge in [0.15, 0.2) is 11.6 Å². The van der Waals surface area contributed by atoms with Gasteiger partial charge in [-0.25, -0.2) is 4.39 Å². The Kier molecular flexibility index (Phi) is 4.30. The predicted molar refractivity (Wildman–Crippen MR) is 64.3 cm³/mol. The third-order valence-electron chi connectivity index (χ3n) is 3.30. The van der Waals surface area contributed by atoms with Crippen LogP contribution in [0.15, 0.2) is 18.2 Å². The van der Waals surface area contributed by atoms with Crippen LogP contribution in [0.3, 0.4) is 0 Å². The minimum absolute atomic E-state index is 0.101. The second-order valence-corrected chi connectivity index (χ2v) is 4.85. The molecular formula is C14H14F4O2. The number of Topliss-reactive ketones (excluding diaryl/α,β-unsaturated/α-hetero) is 1. The van der Waals surface area contributed by atoms with E-state index in [0.717, 1.165) is 44.2 Å². The molecule has 1 aliphatic carbocycles. The van der Waals surface area contributed by atoms with Crippen LogP contribution < -0.4 is 4.74 Å². The number of hydrogen-bond acceptors (Lipinski definition) is 2. The fraction of sp³-hybridized carbons (Fsp3) is 0.500. The maximum atomic E-state index is 13.7. The van der Waals surface area contributed by atoms with Crippen LogP contribution in [-0.2, 0) is 0 Å². The molecule has 0 bridgehead atoms. The van der Waals surface area contributed by atoms with Crippen molar-refractivity contribution in [2.24, 2.45) is 0 Å². The van der Waals surface area contributed by atoms with E-state index in [-0.39, 0.29) is 11.9 Å². The molecule has 6 heteroatoms. The van der Waals surface area contributed by atoms with Crippen LogP contribution in [0, 0.1) is 5.82 Å². The molecule has 0 saturated heterocycles. The highest BCUT2D eigenvalue weighted by Crippen LogP contribution is 2.28. The molecule has 0 aromatic heterocycles. The molecule has 1 saturated carbocycles. The first-order valence-electron chi connectivity index (χ1n) is 6.45. The molecule has 0 unspecified atom stereocenters. The number of ketones is 1. The van der Waals surface area contributed by atoms with Crippen molar-refractivity contribution in [3.8, 4) is 5.75 Å². The zero-order valence-corrected chi connectivity index (χ0v) is 10.7. The second-order valence-electron chi connectivity index (χ2n) is 4.85. The van der Waals surface area contributed by atoms with Crippen molar-refractivity contribution in [1.82, 2.24) is 0 Å². The molecule has 1 aromatic carbocycles. The summed E-state index contributed by atoms with van der Waals surface area (Å²) in [5.41, 5.74) is -0.717. The molecule has 0 amide bonds. The van der Waals surface area contributed by atoms with Gasteiger partial charge in [0.1, 0.15) is 0 Å². The average molecular weight is 290 g/mol. The van der Waals surface area contributed by atoms with E-state index in [2.05, 4.69) is 0 Å². The van der Waals surface area contributed by atoms with E-state index in [1.807, 2.05) is 0 Å². The van der Waals surface area contributed by atoms with Crippen LogP contribution in [-0.4, -0.2) is 18.1 Å². The lowest BCUT2D eigenvalue weighted by molar-refractivity contribution is -0.0885. The molecule has 0 N–H and O–H groups in total. The van der Waals surface area contributed by atoms with Crippen LogP contribution in [0.4, 0.5) is 17.6 Å². The summed E-state index contributed by atoms with van der Waals surface area (Å²) in [5, 5.41) is 0. The summed E-state index contributed by atoms with van der Waals surface area (Å²) in [7, 11) is 0. The van der Waals surface area contributed by atoms with Crippen LogP contribution in [0.5, 0.6) is 5.75 Å². The first-order valence-corrected chi connectivity index (χ1v) is 6.45. The molecule has 20 heavy (non-hydrogen) atoms. The lowest BCUT2D eigenvalue weighted by Crippen LogP contribution is -2.23. The summed E-state index contributed by atoms with van der Waals surface area (Å²) >= 11 is 0. The average Bonchev–Trinajstić information content (AvgIpc) is 2.40. The van der Waals surface area contributed by atoms with Crippen molar-refractivity contribution < 1.29 is 27.1 Å². The Hall–Kier alpha value is -1.59. The Bertz CT molecular complexity index is 490. The SMILES string of the molecule is O=C(c1ccc(OC2CCCCC2)c(F)c1)C(F)(F)F. The fourth-order valence-electron chi connectivity index (χ4n) is 2.26. The van der Waals surface area contributed by atoms with E-state index in [0.29, 0.717) is 6.07 Å². The number of rotatable bonds is 3. The Morgan fingerprint density at radius 1 is 1.15 bits per heavy atom. The molecule has 0 heterocycles. The summed E-state index contributed by atoms with van der Waals surface area (Å²) in [4.78, 5) is 11.0. The topological polar surface area (TPSA) is 26.3 Å². The van der Waals surface area contributed by atoms with E-state index in [9.17, 15) is 22.4 Å². The van der Waals surface area contributed by atoms with Gasteiger partial charge in [-0.05, 0) is 43.9 Å². The number of ether oxygens (including phenoxy) is 1. The maximum absolute atomic E-state index is 13.7. The smallest absolute Gasteiger partial charge is 0.454 e. The summed E-state index contributed by atoms with van der Waals surface area (Å²) in [6.07, 6.45) is -0.388. The molecule has 1 fully saturated rings. The van der Waals surface area contributed by atoms with Crippen molar-refractivity contribution in [3.05, 3.63) is 29.6 Å². The monoisotopic (exact) mass is 290 g/mol. The highest BCUT2D eigenvalue weighted by molar-refractivity contribution is 6.00. The Balaban J connectivity index is 2.11. The third kappa shape index (κ3) is 3.49. The Morgan fingerprint density at radius 3 is 2.35 bits per heavy atom. The quantitative estimate of drug-likeness (QED) is 0.613. The van der Waals surface area contributed by atoms with Crippen LogP contribution in [0.1, 0.15) is 42.5 Å². The van der Waals surface area contributed by atoms with E-state index in [4.69, 9.17) is 4.74 Å². The molecule has 2 nitrogen and oxygen atoms in total. The number of halogens is 4.